The molecule has 1 aromatic carbocycles. The summed E-state index contributed by atoms with van der Waals surface area (Å²) in [6.45, 7) is 8.57. The Labute approximate surface area is 181 Å². The quantitative estimate of drug-likeness (QED) is 0.691. The average Bonchev–Trinajstić information content (AvgIpc) is 2.78. The van der Waals surface area contributed by atoms with Crippen molar-refractivity contribution < 1.29 is 14.6 Å². The molecule has 2 aliphatic rings. The number of benzene rings is 1. The molecule has 5 rings (SSSR count). The summed E-state index contributed by atoms with van der Waals surface area (Å²) in [6.07, 6.45) is 0.225. The Morgan fingerprint density at radius 3 is 2.45 bits per heavy atom. The number of hydrogen-bond acceptors (Lipinski definition) is 8. The van der Waals surface area contributed by atoms with Gasteiger partial charge in [0.25, 0.3) is 0 Å². The first-order valence-electron chi connectivity index (χ1n) is 10.8. The molecule has 0 aliphatic carbocycles. The molecule has 0 saturated carbocycles. The van der Waals surface area contributed by atoms with Crippen LogP contribution in [-0.4, -0.2) is 71.7 Å². The Bertz CT molecular complexity index is 1080. The summed E-state index contributed by atoms with van der Waals surface area (Å²) in [6, 6.07) is 11.1. The molecule has 2 aliphatic heterocycles. The van der Waals surface area contributed by atoms with Gasteiger partial charge in [0.2, 0.25) is 5.95 Å². The van der Waals surface area contributed by atoms with Gasteiger partial charge in [-0.05, 0) is 38.1 Å². The van der Waals surface area contributed by atoms with Gasteiger partial charge in [0.1, 0.15) is 11.6 Å². The summed E-state index contributed by atoms with van der Waals surface area (Å²) in [7, 11) is 0. The molecule has 1 N–H and O–H groups in total. The first kappa shape index (κ1) is 20.0. The number of aromatic nitrogens is 3. The maximum atomic E-state index is 9.88. The van der Waals surface area contributed by atoms with E-state index >= 15 is 0 Å². The summed E-state index contributed by atoms with van der Waals surface area (Å²) in [4.78, 5) is 19.1. The lowest BCUT2D eigenvalue weighted by Crippen LogP contribution is -2.46. The van der Waals surface area contributed by atoms with Crippen molar-refractivity contribution in [1.82, 2.24) is 15.0 Å². The van der Waals surface area contributed by atoms with Crippen LogP contribution in [0.4, 0.5) is 11.8 Å². The van der Waals surface area contributed by atoms with Crippen LogP contribution in [0.5, 0.6) is 5.75 Å². The Kier molecular flexibility index (Phi) is 5.33. The van der Waals surface area contributed by atoms with Crippen LogP contribution in [0.3, 0.4) is 0 Å². The van der Waals surface area contributed by atoms with Crippen molar-refractivity contribution in [3.05, 3.63) is 36.4 Å². The second kappa shape index (κ2) is 8.28. The van der Waals surface area contributed by atoms with Crippen molar-refractivity contribution in [2.45, 2.75) is 26.1 Å². The molecule has 2 unspecified atom stereocenters. The highest BCUT2D eigenvalue weighted by Crippen LogP contribution is 2.30. The molecule has 8 heteroatoms. The maximum Gasteiger partial charge on any atom is 0.229 e. The van der Waals surface area contributed by atoms with Gasteiger partial charge in [-0.3, -0.25) is 0 Å². The number of phenolic OH excluding ortho intramolecular Hbond substituents is 1. The van der Waals surface area contributed by atoms with E-state index in [1.165, 1.54) is 0 Å². The van der Waals surface area contributed by atoms with E-state index in [4.69, 9.17) is 24.4 Å². The summed E-state index contributed by atoms with van der Waals surface area (Å²) in [5, 5.41) is 10.8. The van der Waals surface area contributed by atoms with E-state index in [-0.39, 0.29) is 18.0 Å². The van der Waals surface area contributed by atoms with Crippen LogP contribution in [0.1, 0.15) is 13.8 Å². The Morgan fingerprint density at radius 1 is 0.935 bits per heavy atom. The lowest BCUT2D eigenvalue weighted by atomic mass is 10.1. The zero-order valence-corrected chi connectivity index (χ0v) is 17.9. The number of phenols is 1. The van der Waals surface area contributed by atoms with Gasteiger partial charge in [-0.25, -0.2) is 4.98 Å². The fraction of sp³-hybridized carbons (Fsp3) is 0.435. The van der Waals surface area contributed by atoms with Crippen LogP contribution in [-0.2, 0) is 9.47 Å². The Balaban J connectivity index is 1.62. The van der Waals surface area contributed by atoms with Gasteiger partial charge in [0.15, 0.2) is 5.65 Å². The van der Waals surface area contributed by atoms with Crippen molar-refractivity contribution in [1.29, 1.82) is 0 Å². The highest BCUT2D eigenvalue weighted by atomic mass is 16.5. The smallest absolute Gasteiger partial charge is 0.229 e. The second-order valence-electron chi connectivity index (χ2n) is 8.23. The normalized spacial score (nSPS) is 22.1. The number of rotatable bonds is 3. The SMILES string of the molecule is CC1CN(c2nc(N3CCOCC3)c3ccc(-c4cccc(O)c4)nc3n2)CC(C)O1. The van der Waals surface area contributed by atoms with E-state index in [2.05, 4.69) is 23.6 Å². The molecule has 4 heterocycles. The van der Waals surface area contributed by atoms with E-state index in [9.17, 15) is 5.11 Å². The molecule has 2 aromatic heterocycles. The largest absolute Gasteiger partial charge is 0.508 e. The molecule has 8 nitrogen and oxygen atoms in total. The highest BCUT2D eigenvalue weighted by molar-refractivity contribution is 5.90. The molecular formula is C23H27N5O3. The van der Waals surface area contributed by atoms with Crippen molar-refractivity contribution in [2.75, 3.05) is 49.2 Å². The van der Waals surface area contributed by atoms with Gasteiger partial charge in [0.05, 0.1) is 36.5 Å². The molecule has 31 heavy (non-hydrogen) atoms. The third kappa shape index (κ3) is 4.13. The van der Waals surface area contributed by atoms with Crippen LogP contribution >= 0.6 is 0 Å². The first-order chi connectivity index (χ1) is 15.1. The minimum Gasteiger partial charge on any atom is -0.508 e. The monoisotopic (exact) mass is 421 g/mol. The van der Waals surface area contributed by atoms with Crippen LogP contribution in [0.25, 0.3) is 22.3 Å². The lowest BCUT2D eigenvalue weighted by Gasteiger charge is -2.36. The number of ether oxygens (including phenoxy) is 2. The molecule has 2 saturated heterocycles. The molecular weight excluding hydrogens is 394 g/mol. The molecule has 0 spiro atoms. The van der Waals surface area contributed by atoms with Gasteiger partial charge in [0, 0.05) is 31.7 Å². The van der Waals surface area contributed by atoms with Crippen LogP contribution < -0.4 is 9.80 Å². The Morgan fingerprint density at radius 2 is 1.71 bits per heavy atom. The van der Waals surface area contributed by atoms with Gasteiger partial charge >= 0.3 is 0 Å². The topological polar surface area (TPSA) is 83.8 Å². The fourth-order valence-electron chi connectivity index (χ4n) is 4.31. The van der Waals surface area contributed by atoms with E-state index in [0.717, 1.165) is 48.6 Å². The number of anilines is 2. The molecule has 0 amide bonds. The zero-order valence-electron chi connectivity index (χ0n) is 17.9. The fourth-order valence-corrected chi connectivity index (χ4v) is 4.31. The van der Waals surface area contributed by atoms with Gasteiger partial charge in [-0.1, -0.05) is 12.1 Å². The van der Waals surface area contributed by atoms with Gasteiger partial charge in [-0.15, -0.1) is 0 Å². The average molecular weight is 422 g/mol. The number of fused-ring (bicyclic) bond motifs is 1. The van der Waals surface area contributed by atoms with Crippen molar-refractivity contribution in [2.24, 2.45) is 0 Å². The third-order valence-electron chi connectivity index (χ3n) is 5.68. The van der Waals surface area contributed by atoms with E-state index in [1.807, 2.05) is 24.3 Å². The standard InChI is InChI=1S/C23H27N5O3/c1-15-13-28(14-16(2)31-15)23-25-21-19(22(26-23)27-8-10-30-11-9-27)6-7-20(24-21)17-4-3-5-18(29)12-17/h3-7,12,15-16,29H,8-11,13-14H2,1-2H3. The number of hydrogen-bond donors (Lipinski definition) is 1. The molecule has 3 aromatic rings. The number of nitrogens with zero attached hydrogens (tertiary/aromatic N) is 5. The minimum atomic E-state index is 0.112. The van der Waals surface area contributed by atoms with E-state index in [1.54, 1.807) is 12.1 Å². The van der Waals surface area contributed by atoms with E-state index in [0.29, 0.717) is 24.8 Å². The second-order valence-corrected chi connectivity index (χ2v) is 8.23. The number of aromatic hydroxyl groups is 1. The zero-order chi connectivity index (χ0) is 21.4. The summed E-state index contributed by atoms with van der Waals surface area (Å²) < 4.78 is 11.4. The summed E-state index contributed by atoms with van der Waals surface area (Å²) in [5.74, 6) is 1.79. The van der Waals surface area contributed by atoms with Crippen molar-refractivity contribution in [3.63, 3.8) is 0 Å². The number of morpholine rings is 2. The van der Waals surface area contributed by atoms with Crippen LogP contribution in [0, 0.1) is 0 Å². The molecule has 2 fully saturated rings. The lowest BCUT2D eigenvalue weighted by molar-refractivity contribution is -0.00570. The van der Waals surface area contributed by atoms with Crippen LogP contribution in [0.2, 0.25) is 0 Å². The molecule has 0 bridgehead atoms. The first-order valence-corrected chi connectivity index (χ1v) is 10.8. The highest BCUT2D eigenvalue weighted by Gasteiger charge is 2.26. The van der Waals surface area contributed by atoms with Crippen LogP contribution in [0.15, 0.2) is 36.4 Å². The Hall–Kier alpha value is -2.97. The van der Waals surface area contributed by atoms with Crippen molar-refractivity contribution >= 4 is 22.8 Å². The molecule has 162 valence electrons. The number of pyridine rings is 1. The summed E-state index contributed by atoms with van der Waals surface area (Å²) >= 11 is 0. The van der Waals surface area contributed by atoms with Crippen molar-refractivity contribution in [3.8, 4) is 17.0 Å². The third-order valence-corrected chi connectivity index (χ3v) is 5.68. The minimum absolute atomic E-state index is 0.112. The maximum absolute atomic E-state index is 9.88. The molecule has 0 radical (unpaired) electrons. The predicted molar refractivity (Wildman–Crippen MR) is 120 cm³/mol. The van der Waals surface area contributed by atoms with Gasteiger partial charge < -0.3 is 24.4 Å². The van der Waals surface area contributed by atoms with Gasteiger partial charge in [-0.2, -0.15) is 9.97 Å². The van der Waals surface area contributed by atoms with E-state index < -0.39 is 0 Å². The molecule has 2 atom stereocenters. The predicted octanol–water partition coefficient (Wildman–Crippen LogP) is 2.85. The summed E-state index contributed by atoms with van der Waals surface area (Å²) in [5.41, 5.74) is 2.27.